The number of rotatable bonds is 6. The number of aromatic amines is 1. The smallest absolute Gasteiger partial charge is 0.266 e. The van der Waals surface area contributed by atoms with E-state index in [4.69, 9.17) is 12.2 Å². The molecule has 0 spiro atoms. The fraction of sp³-hybridized carbons (Fsp3) is 0.192. The summed E-state index contributed by atoms with van der Waals surface area (Å²) in [7, 11) is 0. The summed E-state index contributed by atoms with van der Waals surface area (Å²) >= 11 is 5.33. The van der Waals surface area contributed by atoms with Crippen LogP contribution >= 0.6 is 12.2 Å². The lowest BCUT2D eigenvalue weighted by Gasteiger charge is -2.22. The summed E-state index contributed by atoms with van der Waals surface area (Å²) < 4.78 is 15.4. The number of hydrogen-bond donors (Lipinski definition) is 2. The maximum Gasteiger partial charge on any atom is 0.266 e. The van der Waals surface area contributed by atoms with E-state index in [1.165, 1.54) is 17.7 Å². The largest absolute Gasteiger partial charge is 0.351 e. The first-order valence-electron chi connectivity index (χ1n) is 10.7. The molecule has 1 unspecified atom stereocenters. The van der Waals surface area contributed by atoms with Crippen molar-refractivity contribution >= 4 is 29.0 Å². The van der Waals surface area contributed by atoms with Crippen molar-refractivity contribution in [3.05, 3.63) is 105 Å². The average Bonchev–Trinajstić information content (AvgIpc) is 2.80. The Hall–Kier alpha value is -3.58. The molecule has 0 saturated carbocycles. The molecular weight excluding hydrogens is 437 g/mol. The first-order chi connectivity index (χ1) is 15.9. The molecule has 0 bridgehead atoms. The van der Waals surface area contributed by atoms with Crippen molar-refractivity contribution in [2.24, 2.45) is 5.92 Å². The lowest BCUT2D eigenvalue weighted by atomic mass is 9.88. The van der Waals surface area contributed by atoms with Gasteiger partial charge in [0, 0.05) is 18.0 Å². The van der Waals surface area contributed by atoms with Crippen LogP contribution in [0.5, 0.6) is 0 Å². The van der Waals surface area contributed by atoms with Gasteiger partial charge in [-0.05, 0) is 54.0 Å². The van der Waals surface area contributed by atoms with Crippen molar-refractivity contribution < 1.29 is 9.18 Å². The molecule has 1 heterocycles. The summed E-state index contributed by atoms with van der Waals surface area (Å²) in [6, 6.07) is 20.8. The molecule has 0 aliphatic heterocycles. The van der Waals surface area contributed by atoms with Crippen LogP contribution in [0.4, 0.5) is 4.39 Å². The van der Waals surface area contributed by atoms with E-state index in [1.807, 2.05) is 18.2 Å². The fourth-order valence-electron chi connectivity index (χ4n) is 3.95. The summed E-state index contributed by atoms with van der Waals surface area (Å²) in [6.45, 7) is 4.74. The molecule has 0 aliphatic rings. The van der Waals surface area contributed by atoms with E-state index in [1.54, 1.807) is 30.3 Å². The van der Waals surface area contributed by atoms with Gasteiger partial charge >= 0.3 is 0 Å². The van der Waals surface area contributed by atoms with Gasteiger partial charge in [0.25, 0.3) is 11.5 Å². The highest BCUT2D eigenvalue weighted by atomic mass is 32.1. The summed E-state index contributed by atoms with van der Waals surface area (Å²) in [4.78, 5) is 28.9. The van der Waals surface area contributed by atoms with Crippen molar-refractivity contribution in [1.82, 2.24) is 14.9 Å². The summed E-state index contributed by atoms with van der Waals surface area (Å²) in [5, 5.41) is 3.32. The van der Waals surface area contributed by atoms with E-state index < -0.39 is 11.4 Å². The Labute approximate surface area is 195 Å². The molecule has 3 aromatic carbocycles. The normalized spacial score (nSPS) is 12.1. The highest BCUT2D eigenvalue weighted by Gasteiger charge is 2.18. The molecule has 1 aromatic heterocycles. The number of halogens is 1. The van der Waals surface area contributed by atoms with Crippen molar-refractivity contribution in [2.45, 2.75) is 19.8 Å². The van der Waals surface area contributed by atoms with Crippen LogP contribution < -0.4 is 10.9 Å². The summed E-state index contributed by atoms with van der Waals surface area (Å²) in [6.07, 6.45) is 0. The lowest BCUT2D eigenvalue weighted by molar-refractivity contribution is 0.0949. The van der Waals surface area contributed by atoms with Gasteiger partial charge < -0.3 is 10.3 Å². The number of nitrogens with zero attached hydrogens (tertiary/aromatic N) is 1. The number of aromatic nitrogens is 2. The molecule has 2 N–H and O–H groups in total. The van der Waals surface area contributed by atoms with Crippen LogP contribution in [0, 0.1) is 16.5 Å². The molecule has 0 radical (unpaired) electrons. The lowest BCUT2D eigenvalue weighted by Crippen LogP contribution is -2.30. The Morgan fingerprint density at radius 1 is 1.06 bits per heavy atom. The molecule has 0 aliphatic carbocycles. The quantitative estimate of drug-likeness (QED) is 0.380. The number of H-pyrrole nitrogens is 1. The molecule has 0 fully saturated rings. The Kier molecular flexibility index (Phi) is 6.51. The van der Waals surface area contributed by atoms with E-state index in [0.717, 1.165) is 4.57 Å². The van der Waals surface area contributed by atoms with E-state index in [2.05, 4.69) is 36.3 Å². The first-order valence-corrected chi connectivity index (χ1v) is 11.1. The molecule has 0 saturated heterocycles. The Morgan fingerprint density at radius 2 is 1.76 bits per heavy atom. The Balaban J connectivity index is 1.62. The summed E-state index contributed by atoms with van der Waals surface area (Å²) in [5.41, 5.74) is 1.63. The van der Waals surface area contributed by atoms with Crippen molar-refractivity contribution in [1.29, 1.82) is 0 Å². The SMILES string of the molecule is CC(C)C(CNC(=O)c1ccc2c(=O)n(-c3ccccc3F)c(=S)[nH]c2c1)c1ccccc1. The third-order valence-corrected chi connectivity index (χ3v) is 6.05. The van der Waals surface area contributed by atoms with Gasteiger partial charge in [-0.15, -0.1) is 0 Å². The van der Waals surface area contributed by atoms with Crippen LogP contribution in [0.1, 0.15) is 35.7 Å². The van der Waals surface area contributed by atoms with Gasteiger partial charge in [-0.1, -0.05) is 56.3 Å². The van der Waals surface area contributed by atoms with Gasteiger partial charge in [0.15, 0.2) is 4.77 Å². The van der Waals surface area contributed by atoms with E-state index in [9.17, 15) is 14.0 Å². The van der Waals surface area contributed by atoms with Gasteiger partial charge in [-0.3, -0.25) is 9.59 Å². The Bertz CT molecular complexity index is 1430. The second-order valence-corrected chi connectivity index (χ2v) is 8.64. The van der Waals surface area contributed by atoms with Crippen molar-refractivity contribution in [3.8, 4) is 5.69 Å². The number of benzene rings is 3. The molecule has 7 heteroatoms. The average molecular weight is 462 g/mol. The van der Waals surface area contributed by atoms with Crippen molar-refractivity contribution in [2.75, 3.05) is 6.54 Å². The maximum atomic E-state index is 14.3. The minimum Gasteiger partial charge on any atom is -0.351 e. The number of carbonyl (C=O) groups excluding carboxylic acids is 1. The third-order valence-electron chi connectivity index (χ3n) is 5.77. The second kappa shape index (κ2) is 9.50. The predicted molar refractivity (Wildman–Crippen MR) is 131 cm³/mol. The van der Waals surface area contributed by atoms with E-state index >= 15 is 0 Å². The number of fused-ring (bicyclic) bond motifs is 1. The molecule has 5 nitrogen and oxygen atoms in total. The van der Waals surface area contributed by atoms with Gasteiger partial charge in [0.05, 0.1) is 16.6 Å². The topological polar surface area (TPSA) is 66.9 Å². The molecule has 4 aromatic rings. The van der Waals surface area contributed by atoms with Gasteiger partial charge in [0.2, 0.25) is 0 Å². The molecule has 4 rings (SSSR count). The molecule has 1 amide bonds. The van der Waals surface area contributed by atoms with Crippen LogP contribution in [-0.4, -0.2) is 22.0 Å². The summed E-state index contributed by atoms with van der Waals surface area (Å²) in [5.74, 6) is -0.268. The highest BCUT2D eigenvalue weighted by Crippen LogP contribution is 2.23. The van der Waals surface area contributed by atoms with Crippen LogP contribution in [-0.2, 0) is 0 Å². The number of amides is 1. The number of nitrogens with one attached hydrogen (secondary N) is 2. The molecule has 168 valence electrons. The fourth-order valence-corrected chi connectivity index (χ4v) is 4.25. The minimum absolute atomic E-state index is 0.0547. The zero-order valence-corrected chi connectivity index (χ0v) is 19.2. The van der Waals surface area contributed by atoms with Crippen LogP contribution in [0.15, 0.2) is 77.6 Å². The second-order valence-electron chi connectivity index (χ2n) is 8.25. The standard InChI is InChI=1S/C26H24FN3O2S/c1-16(2)20(17-8-4-3-5-9-17)15-28-24(31)18-12-13-19-22(14-18)29-26(33)30(25(19)32)23-11-7-6-10-21(23)27/h3-14,16,20H,15H2,1-2H3,(H,28,31)(H,29,33). The highest BCUT2D eigenvalue weighted by molar-refractivity contribution is 7.71. The third kappa shape index (κ3) is 4.64. The molecule has 1 atom stereocenters. The van der Waals surface area contributed by atoms with Gasteiger partial charge in [-0.25, -0.2) is 8.96 Å². The Morgan fingerprint density at radius 3 is 2.45 bits per heavy atom. The zero-order chi connectivity index (χ0) is 23.5. The molecular formula is C26H24FN3O2S. The van der Waals surface area contributed by atoms with Gasteiger partial charge in [-0.2, -0.15) is 0 Å². The van der Waals surface area contributed by atoms with Crippen LogP contribution in [0.2, 0.25) is 0 Å². The number of hydrogen-bond acceptors (Lipinski definition) is 3. The first kappa shape index (κ1) is 22.6. The van der Waals surface area contributed by atoms with Crippen LogP contribution in [0.3, 0.4) is 0 Å². The van der Waals surface area contributed by atoms with Crippen molar-refractivity contribution in [3.63, 3.8) is 0 Å². The molecule has 33 heavy (non-hydrogen) atoms. The van der Waals surface area contributed by atoms with Gasteiger partial charge in [0.1, 0.15) is 5.82 Å². The number of carbonyl (C=O) groups is 1. The van der Waals surface area contributed by atoms with Crippen LogP contribution in [0.25, 0.3) is 16.6 Å². The number of para-hydroxylation sites is 1. The maximum absolute atomic E-state index is 14.3. The zero-order valence-electron chi connectivity index (χ0n) is 18.3. The minimum atomic E-state index is -0.549. The predicted octanol–water partition coefficient (Wildman–Crippen LogP) is 5.36. The van der Waals surface area contributed by atoms with E-state index in [-0.39, 0.29) is 22.3 Å². The van der Waals surface area contributed by atoms with E-state index in [0.29, 0.717) is 28.9 Å². The monoisotopic (exact) mass is 461 g/mol.